The van der Waals surface area contributed by atoms with Crippen LogP contribution < -0.4 is 0 Å². The first-order valence-electron chi connectivity index (χ1n) is 4.96. The molecule has 8 heteroatoms. The Labute approximate surface area is 132 Å². The number of hydrogen-bond acceptors (Lipinski definition) is 5. The molecule has 0 N–H and O–H groups in total. The Morgan fingerprint density at radius 3 is 2.39 bits per heavy atom. The van der Waals surface area contributed by atoms with Crippen molar-refractivity contribution in [2.75, 3.05) is 21.2 Å². The minimum Gasteiger partial charge on any atom is -0.464 e. The van der Waals surface area contributed by atoms with Crippen molar-refractivity contribution in [3.63, 3.8) is 0 Å². The zero-order valence-electron chi connectivity index (χ0n) is 10.4. The number of hydrogen-bond donors (Lipinski definition) is 0. The number of carbonyl (C=O) groups excluding carboxylic acids is 2. The monoisotopic (exact) mass is 477 g/mol. The number of aromatic nitrogens is 2. The van der Waals surface area contributed by atoms with Gasteiger partial charge in [-0.25, -0.2) is 9.78 Å². The molecule has 0 unspecified atom stereocenters. The zero-order valence-corrected chi connectivity index (χ0v) is 14.7. The van der Waals surface area contributed by atoms with Crippen molar-refractivity contribution in [3.05, 3.63) is 17.7 Å². The van der Waals surface area contributed by atoms with E-state index in [4.69, 9.17) is 0 Å². The number of ether oxygens (including phenoxy) is 1. The van der Waals surface area contributed by atoms with E-state index < -0.39 is 7.52 Å². The standard InChI is InChI=1S/C10H13I2N3O3/c1-6(16)15-5-7(8(17)18-4)13-9(15)10(11,12)14(2)3/h5H,1-4H3. The third-order valence-corrected chi connectivity index (χ3v) is 5.16. The van der Waals surface area contributed by atoms with E-state index in [2.05, 4.69) is 54.9 Å². The SMILES string of the molecule is COC(=O)c1cn(C(C)=O)c(C(I)(I)N(C)C)n1. The third kappa shape index (κ3) is 3.02. The molecule has 0 bridgehead atoms. The Kier molecular flexibility index (Phi) is 5.12. The molecule has 1 aromatic rings. The second-order valence-corrected chi connectivity index (χ2v) is 8.95. The van der Waals surface area contributed by atoms with Crippen molar-refractivity contribution in [2.24, 2.45) is 0 Å². The van der Waals surface area contributed by atoms with Gasteiger partial charge in [-0.05, 0) is 59.3 Å². The molecule has 0 aliphatic rings. The summed E-state index contributed by atoms with van der Waals surface area (Å²) in [5.41, 5.74) is 0.127. The minimum atomic E-state index is -0.557. The molecule has 6 nitrogen and oxygen atoms in total. The highest BCUT2D eigenvalue weighted by atomic mass is 127. The van der Waals surface area contributed by atoms with E-state index in [0.717, 1.165) is 0 Å². The molecule has 0 spiro atoms. The van der Waals surface area contributed by atoms with Gasteiger partial charge in [0.05, 0.1) is 7.11 Å². The van der Waals surface area contributed by atoms with Gasteiger partial charge >= 0.3 is 5.97 Å². The Balaban J connectivity index is 3.38. The summed E-state index contributed by atoms with van der Waals surface area (Å²) in [4.78, 5) is 29.2. The molecule has 0 amide bonds. The van der Waals surface area contributed by atoms with Gasteiger partial charge in [0.1, 0.15) is 0 Å². The van der Waals surface area contributed by atoms with E-state index in [9.17, 15) is 9.59 Å². The topological polar surface area (TPSA) is 64.4 Å². The van der Waals surface area contributed by atoms with Crippen molar-refractivity contribution >= 4 is 57.1 Å². The molecule has 0 aliphatic heterocycles. The van der Waals surface area contributed by atoms with Gasteiger partial charge < -0.3 is 4.74 Å². The van der Waals surface area contributed by atoms with Gasteiger partial charge in [0.2, 0.25) is 5.91 Å². The third-order valence-electron chi connectivity index (χ3n) is 2.27. The summed E-state index contributed by atoms with van der Waals surface area (Å²) < 4.78 is 5.44. The number of methoxy groups -OCH3 is 1. The van der Waals surface area contributed by atoms with Gasteiger partial charge in [0.15, 0.2) is 13.1 Å². The van der Waals surface area contributed by atoms with E-state index in [1.165, 1.54) is 24.8 Å². The average Bonchev–Trinajstić information content (AvgIpc) is 2.73. The fourth-order valence-corrected chi connectivity index (χ4v) is 2.00. The van der Waals surface area contributed by atoms with E-state index in [1.54, 1.807) is 0 Å². The largest absolute Gasteiger partial charge is 0.464 e. The highest BCUT2D eigenvalue weighted by Gasteiger charge is 2.35. The van der Waals surface area contributed by atoms with Crippen LogP contribution in [0.15, 0.2) is 6.20 Å². The summed E-state index contributed by atoms with van der Waals surface area (Å²) in [7, 11) is 5.02. The van der Waals surface area contributed by atoms with Gasteiger partial charge in [0, 0.05) is 13.1 Å². The lowest BCUT2D eigenvalue weighted by Gasteiger charge is -2.27. The van der Waals surface area contributed by atoms with Gasteiger partial charge in [0.25, 0.3) is 0 Å². The summed E-state index contributed by atoms with van der Waals surface area (Å²) in [5.74, 6) is -0.271. The smallest absolute Gasteiger partial charge is 0.358 e. The highest BCUT2D eigenvalue weighted by molar-refractivity contribution is 14.2. The molecule has 0 radical (unpaired) electrons. The summed E-state index contributed by atoms with van der Waals surface area (Å²) >= 11 is 4.33. The maximum absolute atomic E-state index is 11.6. The Morgan fingerprint density at radius 2 is 2.00 bits per heavy atom. The lowest BCUT2D eigenvalue weighted by Crippen LogP contribution is -2.33. The first-order chi connectivity index (χ1) is 8.21. The van der Waals surface area contributed by atoms with Crippen LogP contribution in [0.3, 0.4) is 0 Å². The van der Waals surface area contributed by atoms with Crippen LogP contribution in [0.4, 0.5) is 0 Å². The van der Waals surface area contributed by atoms with Crippen molar-refractivity contribution in [1.82, 2.24) is 14.5 Å². The minimum absolute atomic E-state index is 0.127. The molecule has 0 atom stereocenters. The molecular weight excluding hydrogens is 464 g/mol. The van der Waals surface area contributed by atoms with Crippen molar-refractivity contribution in [3.8, 4) is 0 Å². The van der Waals surface area contributed by atoms with E-state index in [1.807, 2.05) is 19.0 Å². The fraction of sp³-hybridized carbons (Fsp3) is 0.500. The van der Waals surface area contributed by atoms with Crippen molar-refractivity contribution < 1.29 is 14.3 Å². The zero-order chi connectivity index (χ0) is 14.1. The number of alkyl halides is 2. The van der Waals surface area contributed by atoms with E-state index in [0.29, 0.717) is 5.82 Å². The highest BCUT2D eigenvalue weighted by Crippen LogP contribution is 2.40. The molecular formula is C10H13I2N3O3. The van der Waals surface area contributed by atoms with Crippen LogP contribution in [-0.4, -0.2) is 47.5 Å². The molecule has 18 heavy (non-hydrogen) atoms. The maximum Gasteiger partial charge on any atom is 0.358 e. The van der Waals surface area contributed by atoms with Crippen LogP contribution in [0.1, 0.15) is 28.0 Å². The van der Waals surface area contributed by atoms with Crippen molar-refractivity contribution in [1.29, 1.82) is 0 Å². The lowest BCUT2D eigenvalue weighted by atomic mass is 10.5. The molecule has 0 aliphatic carbocycles. The number of halogens is 2. The molecule has 0 fully saturated rings. The predicted molar refractivity (Wildman–Crippen MR) is 83.3 cm³/mol. The summed E-state index contributed by atoms with van der Waals surface area (Å²) in [6, 6.07) is 0. The summed E-state index contributed by atoms with van der Waals surface area (Å²) in [6.07, 6.45) is 1.40. The first-order valence-corrected chi connectivity index (χ1v) is 7.12. The number of nitrogens with zero attached hydrogens (tertiary/aromatic N) is 3. The second-order valence-electron chi connectivity index (χ2n) is 3.77. The van der Waals surface area contributed by atoms with Crippen LogP contribution in [0, 0.1) is 0 Å². The summed E-state index contributed by atoms with van der Waals surface area (Å²) in [6.45, 7) is 1.42. The van der Waals surface area contributed by atoms with Crippen LogP contribution in [0.2, 0.25) is 0 Å². The van der Waals surface area contributed by atoms with Crippen LogP contribution >= 0.6 is 45.2 Å². The fourth-order valence-electron chi connectivity index (χ4n) is 1.24. The molecule has 1 heterocycles. The normalized spacial score (nSPS) is 11.7. The maximum atomic E-state index is 11.6. The predicted octanol–water partition coefficient (Wildman–Crippen LogP) is 1.87. The quantitative estimate of drug-likeness (QED) is 0.288. The van der Waals surface area contributed by atoms with E-state index in [-0.39, 0.29) is 11.6 Å². The number of esters is 1. The average molecular weight is 477 g/mol. The molecule has 0 aromatic carbocycles. The number of imidazole rings is 1. The Morgan fingerprint density at radius 1 is 1.44 bits per heavy atom. The van der Waals surface area contributed by atoms with Gasteiger partial charge in [-0.15, -0.1) is 0 Å². The molecule has 1 rings (SSSR count). The van der Waals surface area contributed by atoms with Gasteiger partial charge in [-0.3, -0.25) is 14.3 Å². The first kappa shape index (κ1) is 15.8. The van der Waals surface area contributed by atoms with E-state index >= 15 is 0 Å². The van der Waals surface area contributed by atoms with Crippen LogP contribution in [0.5, 0.6) is 0 Å². The number of carbonyl (C=O) groups is 2. The van der Waals surface area contributed by atoms with Crippen LogP contribution in [0.25, 0.3) is 0 Å². The Bertz CT molecular complexity index is 483. The lowest BCUT2D eigenvalue weighted by molar-refractivity contribution is 0.0594. The van der Waals surface area contributed by atoms with Crippen molar-refractivity contribution in [2.45, 2.75) is 8.48 Å². The van der Waals surface area contributed by atoms with Gasteiger partial charge in [-0.2, -0.15) is 0 Å². The summed E-state index contributed by atoms with van der Waals surface area (Å²) in [5, 5.41) is 0. The molecule has 100 valence electrons. The number of rotatable bonds is 3. The molecule has 0 saturated carbocycles. The van der Waals surface area contributed by atoms with Gasteiger partial charge in [-0.1, -0.05) is 0 Å². The molecule has 0 saturated heterocycles. The second kappa shape index (κ2) is 5.82. The Hall–Kier alpha value is -0.230. The molecule has 1 aromatic heterocycles. The van der Waals surface area contributed by atoms with Crippen LogP contribution in [-0.2, 0) is 6.29 Å².